The molecule has 0 bridgehead atoms. The number of aliphatic hydroxyl groups excluding tert-OH is 1. The molecule has 94 valence electrons. The Balaban J connectivity index is 2.61. The van der Waals surface area contributed by atoms with Gasteiger partial charge >= 0.3 is 0 Å². The zero-order valence-corrected chi connectivity index (χ0v) is 9.62. The summed E-state index contributed by atoms with van der Waals surface area (Å²) in [7, 11) is 1.74. The summed E-state index contributed by atoms with van der Waals surface area (Å²) in [5.41, 5.74) is -0.220. The van der Waals surface area contributed by atoms with E-state index >= 15 is 0 Å². The molecule has 0 unspecified atom stereocenters. The minimum Gasteiger partial charge on any atom is -0.395 e. The number of carbonyl (C=O) groups is 1. The minimum atomic E-state index is -1.10. The number of carbonyl (C=O) groups excluding carboxylic acids is 1. The summed E-state index contributed by atoms with van der Waals surface area (Å²) in [5.74, 6) is -2.55. The van der Waals surface area contributed by atoms with Crippen molar-refractivity contribution in [2.75, 3.05) is 26.7 Å². The maximum Gasteiger partial charge on any atom is 0.169 e. The first-order chi connectivity index (χ1) is 8.06. The summed E-state index contributed by atoms with van der Waals surface area (Å²) in [4.78, 5) is 13.4. The van der Waals surface area contributed by atoms with Gasteiger partial charge in [-0.3, -0.25) is 4.79 Å². The maximum atomic E-state index is 13.3. The molecule has 0 aliphatic carbocycles. The number of Topliss-reactive ketones (excluding diaryl/α,β-unsaturated/α-hetero) is 1. The van der Waals surface area contributed by atoms with Crippen molar-refractivity contribution < 1.29 is 18.7 Å². The van der Waals surface area contributed by atoms with E-state index in [0.29, 0.717) is 13.1 Å². The molecular formula is C12H15F2NO2. The molecule has 17 heavy (non-hydrogen) atoms. The van der Waals surface area contributed by atoms with E-state index in [1.54, 1.807) is 11.9 Å². The fourth-order valence-electron chi connectivity index (χ4n) is 1.43. The van der Waals surface area contributed by atoms with Crippen LogP contribution in [0.2, 0.25) is 0 Å². The predicted octanol–water partition coefficient (Wildman–Crippen LogP) is 1.46. The van der Waals surface area contributed by atoms with Gasteiger partial charge in [0.25, 0.3) is 0 Å². The largest absolute Gasteiger partial charge is 0.395 e. The second-order valence-electron chi connectivity index (χ2n) is 3.80. The van der Waals surface area contributed by atoms with Crippen molar-refractivity contribution in [3.05, 3.63) is 35.4 Å². The van der Waals surface area contributed by atoms with Gasteiger partial charge in [0.05, 0.1) is 12.2 Å². The Labute approximate surface area is 98.7 Å². The first kappa shape index (κ1) is 13.7. The lowest BCUT2D eigenvalue weighted by molar-refractivity contribution is 0.0959. The van der Waals surface area contributed by atoms with Crippen LogP contribution < -0.4 is 0 Å². The minimum absolute atomic E-state index is 0.000975. The van der Waals surface area contributed by atoms with Gasteiger partial charge in [0, 0.05) is 19.5 Å². The van der Waals surface area contributed by atoms with Crippen molar-refractivity contribution in [3.63, 3.8) is 0 Å². The van der Waals surface area contributed by atoms with Crippen molar-refractivity contribution in [2.45, 2.75) is 6.42 Å². The number of ketones is 1. The summed E-state index contributed by atoms with van der Waals surface area (Å²) in [6.07, 6.45) is 0.0941. The Bertz CT molecular complexity index is 396. The van der Waals surface area contributed by atoms with E-state index in [9.17, 15) is 13.6 Å². The molecule has 0 heterocycles. The summed E-state index contributed by atoms with van der Waals surface area (Å²) >= 11 is 0. The van der Waals surface area contributed by atoms with Crippen LogP contribution in [-0.4, -0.2) is 42.5 Å². The van der Waals surface area contributed by atoms with Crippen LogP contribution in [0.25, 0.3) is 0 Å². The summed E-state index contributed by atoms with van der Waals surface area (Å²) in [6.45, 7) is 0.841. The van der Waals surface area contributed by atoms with Crippen LogP contribution in [0.1, 0.15) is 16.8 Å². The predicted molar refractivity (Wildman–Crippen MR) is 59.9 cm³/mol. The van der Waals surface area contributed by atoms with E-state index in [2.05, 4.69) is 0 Å². The van der Waals surface area contributed by atoms with Crippen LogP contribution in [0.4, 0.5) is 8.78 Å². The van der Waals surface area contributed by atoms with Gasteiger partial charge in [-0.1, -0.05) is 6.07 Å². The molecule has 1 N–H and O–H groups in total. The number of hydrogen-bond donors (Lipinski definition) is 1. The quantitative estimate of drug-likeness (QED) is 0.769. The average Bonchev–Trinajstić information content (AvgIpc) is 2.30. The third kappa shape index (κ3) is 3.87. The highest BCUT2D eigenvalue weighted by molar-refractivity contribution is 5.96. The molecule has 0 saturated carbocycles. The second kappa shape index (κ2) is 6.42. The Morgan fingerprint density at radius 3 is 2.71 bits per heavy atom. The Kier molecular flexibility index (Phi) is 5.18. The SMILES string of the molecule is CN(CCO)CCC(=O)c1cccc(F)c1F. The monoisotopic (exact) mass is 243 g/mol. The number of likely N-dealkylation sites (N-methyl/N-ethyl adjacent to an activating group) is 1. The fraction of sp³-hybridized carbons (Fsp3) is 0.417. The van der Waals surface area contributed by atoms with E-state index in [1.165, 1.54) is 12.1 Å². The Morgan fingerprint density at radius 1 is 1.35 bits per heavy atom. The molecule has 0 saturated heterocycles. The van der Waals surface area contributed by atoms with Crippen LogP contribution in [-0.2, 0) is 0 Å². The first-order valence-electron chi connectivity index (χ1n) is 5.33. The van der Waals surface area contributed by atoms with Crippen molar-refractivity contribution in [1.82, 2.24) is 4.90 Å². The number of halogens is 2. The van der Waals surface area contributed by atoms with Crippen molar-refractivity contribution in [2.24, 2.45) is 0 Å². The molecular weight excluding hydrogens is 228 g/mol. The van der Waals surface area contributed by atoms with Gasteiger partial charge in [-0.25, -0.2) is 8.78 Å². The number of nitrogens with zero attached hydrogens (tertiary/aromatic N) is 1. The van der Waals surface area contributed by atoms with Crippen LogP contribution in [0.3, 0.4) is 0 Å². The zero-order chi connectivity index (χ0) is 12.8. The molecule has 1 aromatic rings. The molecule has 0 spiro atoms. The lowest BCUT2D eigenvalue weighted by atomic mass is 10.1. The summed E-state index contributed by atoms with van der Waals surface area (Å²) in [5, 5.41) is 8.66. The molecule has 5 heteroatoms. The van der Waals surface area contributed by atoms with Crippen LogP contribution in [0.5, 0.6) is 0 Å². The molecule has 0 aromatic heterocycles. The van der Waals surface area contributed by atoms with Gasteiger partial charge in [0.1, 0.15) is 0 Å². The van der Waals surface area contributed by atoms with E-state index in [1.807, 2.05) is 0 Å². The second-order valence-corrected chi connectivity index (χ2v) is 3.80. The Morgan fingerprint density at radius 2 is 2.06 bits per heavy atom. The van der Waals surface area contributed by atoms with Crippen LogP contribution >= 0.6 is 0 Å². The van der Waals surface area contributed by atoms with Crippen LogP contribution in [0.15, 0.2) is 18.2 Å². The summed E-state index contributed by atoms with van der Waals surface area (Å²) < 4.78 is 26.2. The van der Waals surface area contributed by atoms with E-state index < -0.39 is 17.4 Å². The van der Waals surface area contributed by atoms with Gasteiger partial charge in [-0.15, -0.1) is 0 Å². The average molecular weight is 243 g/mol. The first-order valence-corrected chi connectivity index (χ1v) is 5.33. The topological polar surface area (TPSA) is 40.5 Å². The van der Waals surface area contributed by atoms with Gasteiger partial charge in [-0.2, -0.15) is 0 Å². The molecule has 0 radical (unpaired) electrons. The molecule has 1 aromatic carbocycles. The van der Waals surface area contributed by atoms with Crippen LogP contribution in [0, 0.1) is 11.6 Å². The molecule has 0 atom stereocenters. The molecule has 1 rings (SSSR count). The zero-order valence-electron chi connectivity index (χ0n) is 9.62. The highest BCUT2D eigenvalue weighted by Crippen LogP contribution is 2.13. The smallest absolute Gasteiger partial charge is 0.169 e. The van der Waals surface area contributed by atoms with Crippen molar-refractivity contribution >= 4 is 5.78 Å². The standard InChI is InChI=1S/C12H15F2NO2/c1-15(7-8-16)6-5-11(17)9-3-2-4-10(13)12(9)14/h2-4,16H,5-8H2,1H3. The van der Waals surface area contributed by atoms with E-state index in [0.717, 1.165) is 6.07 Å². The molecule has 3 nitrogen and oxygen atoms in total. The number of hydrogen-bond acceptors (Lipinski definition) is 3. The molecule has 0 aliphatic rings. The van der Waals surface area contributed by atoms with Gasteiger partial charge in [0.2, 0.25) is 0 Å². The molecule has 0 fully saturated rings. The number of rotatable bonds is 6. The maximum absolute atomic E-state index is 13.3. The fourth-order valence-corrected chi connectivity index (χ4v) is 1.43. The van der Waals surface area contributed by atoms with Crippen molar-refractivity contribution in [3.8, 4) is 0 Å². The lowest BCUT2D eigenvalue weighted by Crippen LogP contribution is -2.25. The number of aliphatic hydroxyl groups is 1. The van der Waals surface area contributed by atoms with E-state index in [-0.39, 0.29) is 18.6 Å². The molecule has 0 aliphatic heterocycles. The highest BCUT2D eigenvalue weighted by atomic mass is 19.2. The van der Waals surface area contributed by atoms with Gasteiger partial charge in [-0.05, 0) is 19.2 Å². The third-order valence-corrected chi connectivity index (χ3v) is 2.45. The molecule has 0 amide bonds. The third-order valence-electron chi connectivity index (χ3n) is 2.45. The highest BCUT2D eigenvalue weighted by Gasteiger charge is 2.15. The normalized spacial score (nSPS) is 10.9. The number of benzene rings is 1. The van der Waals surface area contributed by atoms with Crippen molar-refractivity contribution in [1.29, 1.82) is 0 Å². The lowest BCUT2D eigenvalue weighted by Gasteiger charge is -2.14. The van der Waals surface area contributed by atoms with Gasteiger partial charge in [0.15, 0.2) is 17.4 Å². The summed E-state index contributed by atoms with van der Waals surface area (Å²) in [6, 6.07) is 3.56. The van der Waals surface area contributed by atoms with Gasteiger partial charge < -0.3 is 10.0 Å². The van der Waals surface area contributed by atoms with E-state index in [4.69, 9.17) is 5.11 Å². The Hall–Kier alpha value is -1.33.